The van der Waals surface area contributed by atoms with Gasteiger partial charge in [0, 0.05) is 19.0 Å². The standard InChI is InChI=1S/C27H43N3O4/c1-7-19-10-12-29(13-11-19)17-23(18(2)3)28-25(32)24-15-20-8-9-22(31)14-21(20)16-30(24)26(33)34-27(4,5)6/h8-9,14,18-19,23-24,31H,7,10-13,15-17H2,1-6H3,(H,28,32)/t23-,24-/m1/s1. The lowest BCUT2D eigenvalue weighted by Gasteiger charge is -2.39. The molecule has 1 saturated heterocycles. The van der Waals surface area contributed by atoms with Crippen molar-refractivity contribution in [1.29, 1.82) is 0 Å². The van der Waals surface area contributed by atoms with Gasteiger partial charge in [-0.2, -0.15) is 0 Å². The molecule has 1 fully saturated rings. The number of rotatable bonds is 6. The molecule has 0 unspecified atom stereocenters. The number of carbonyl (C=O) groups is 2. The monoisotopic (exact) mass is 473 g/mol. The molecule has 2 aliphatic heterocycles. The van der Waals surface area contributed by atoms with E-state index in [2.05, 4.69) is 31.0 Å². The van der Waals surface area contributed by atoms with Crippen molar-refractivity contribution in [3.05, 3.63) is 29.3 Å². The number of nitrogens with zero attached hydrogens (tertiary/aromatic N) is 2. The lowest BCUT2D eigenvalue weighted by atomic mass is 9.92. The first-order valence-corrected chi connectivity index (χ1v) is 12.8. The number of phenolic OH excluding ortho intramolecular Hbond substituents is 1. The van der Waals surface area contributed by atoms with Crippen LogP contribution in [0.15, 0.2) is 18.2 Å². The van der Waals surface area contributed by atoms with Gasteiger partial charge in [-0.3, -0.25) is 9.69 Å². The minimum absolute atomic E-state index is 0.00683. The molecule has 7 heteroatoms. The van der Waals surface area contributed by atoms with E-state index in [4.69, 9.17) is 4.74 Å². The molecule has 2 N–H and O–H groups in total. The second-order valence-electron chi connectivity index (χ2n) is 11.3. The predicted molar refractivity (Wildman–Crippen MR) is 134 cm³/mol. The van der Waals surface area contributed by atoms with Gasteiger partial charge in [-0.05, 0) is 81.8 Å². The van der Waals surface area contributed by atoms with E-state index in [1.165, 1.54) is 24.2 Å². The van der Waals surface area contributed by atoms with Gasteiger partial charge in [0.2, 0.25) is 5.91 Å². The summed E-state index contributed by atoms with van der Waals surface area (Å²) in [4.78, 5) is 30.6. The second kappa shape index (κ2) is 11.0. The number of piperidine rings is 1. The Balaban J connectivity index is 1.75. The van der Waals surface area contributed by atoms with Crippen LogP contribution in [0.25, 0.3) is 0 Å². The molecule has 0 spiro atoms. The van der Waals surface area contributed by atoms with E-state index >= 15 is 0 Å². The Labute approximate surface area is 204 Å². The molecule has 0 bridgehead atoms. The van der Waals surface area contributed by atoms with Crippen LogP contribution in [0, 0.1) is 11.8 Å². The Morgan fingerprint density at radius 1 is 1.18 bits per heavy atom. The van der Waals surface area contributed by atoms with Gasteiger partial charge in [0.15, 0.2) is 0 Å². The van der Waals surface area contributed by atoms with E-state index < -0.39 is 17.7 Å². The molecule has 2 atom stereocenters. The lowest BCUT2D eigenvalue weighted by Crippen LogP contribution is -2.57. The van der Waals surface area contributed by atoms with Gasteiger partial charge in [-0.1, -0.05) is 33.3 Å². The fraction of sp³-hybridized carbons (Fsp3) is 0.704. The Morgan fingerprint density at radius 2 is 1.85 bits per heavy atom. The molecule has 0 radical (unpaired) electrons. The number of ether oxygens (including phenoxy) is 1. The third-order valence-electron chi connectivity index (χ3n) is 7.12. The number of fused-ring (bicyclic) bond motifs is 1. The van der Waals surface area contributed by atoms with Crippen LogP contribution in [0.5, 0.6) is 5.75 Å². The number of nitrogens with one attached hydrogen (secondary N) is 1. The van der Waals surface area contributed by atoms with Crippen LogP contribution in [0.3, 0.4) is 0 Å². The van der Waals surface area contributed by atoms with Crippen molar-refractivity contribution in [3.63, 3.8) is 0 Å². The van der Waals surface area contributed by atoms with E-state index in [0.29, 0.717) is 6.42 Å². The molecule has 1 aromatic carbocycles. The summed E-state index contributed by atoms with van der Waals surface area (Å²) in [6, 6.07) is 4.49. The number of amides is 2. The van der Waals surface area contributed by atoms with E-state index in [0.717, 1.165) is 36.7 Å². The number of carbonyl (C=O) groups excluding carboxylic acids is 2. The summed E-state index contributed by atoms with van der Waals surface area (Å²) in [5, 5.41) is 13.2. The van der Waals surface area contributed by atoms with Crippen LogP contribution in [-0.4, -0.2) is 64.2 Å². The number of hydrogen-bond donors (Lipinski definition) is 2. The average Bonchev–Trinajstić information content (AvgIpc) is 2.76. The van der Waals surface area contributed by atoms with E-state index in [-0.39, 0.29) is 30.2 Å². The summed E-state index contributed by atoms with van der Waals surface area (Å²) >= 11 is 0. The highest BCUT2D eigenvalue weighted by Gasteiger charge is 2.38. The van der Waals surface area contributed by atoms with Crippen molar-refractivity contribution in [3.8, 4) is 5.75 Å². The quantitative estimate of drug-likeness (QED) is 0.643. The number of phenols is 1. The van der Waals surface area contributed by atoms with E-state index in [1.54, 1.807) is 12.1 Å². The SMILES string of the molecule is CCC1CCN(C[C@@H](NC(=O)[C@H]2Cc3ccc(O)cc3CN2C(=O)OC(C)(C)C)C(C)C)CC1. The summed E-state index contributed by atoms with van der Waals surface area (Å²) < 4.78 is 5.63. The zero-order chi connectivity index (χ0) is 25.0. The molecule has 0 saturated carbocycles. The highest BCUT2D eigenvalue weighted by atomic mass is 16.6. The maximum Gasteiger partial charge on any atom is 0.411 e. The van der Waals surface area contributed by atoms with Crippen LogP contribution in [-0.2, 0) is 22.5 Å². The zero-order valence-corrected chi connectivity index (χ0v) is 21.8. The van der Waals surface area contributed by atoms with Crippen LogP contribution >= 0.6 is 0 Å². The third-order valence-corrected chi connectivity index (χ3v) is 7.12. The zero-order valence-electron chi connectivity index (χ0n) is 21.8. The molecular weight excluding hydrogens is 430 g/mol. The van der Waals surface area contributed by atoms with Gasteiger partial charge < -0.3 is 20.1 Å². The lowest BCUT2D eigenvalue weighted by molar-refractivity contribution is -0.128. The number of aromatic hydroxyl groups is 1. The maximum absolute atomic E-state index is 13.6. The normalized spacial score (nSPS) is 20.7. The predicted octanol–water partition coefficient (Wildman–Crippen LogP) is 4.32. The largest absolute Gasteiger partial charge is 0.508 e. The molecule has 34 heavy (non-hydrogen) atoms. The van der Waals surface area contributed by atoms with Crippen molar-refractivity contribution < 1.29 is 19.4 Å². The number of hydrogen-bond acceptors (Lipinski definition) is 5. The summed E-state index contributed by atoms with van der Waals surface area (Å²) in [6.45, 7) is 15.2. The van der Waals surface area contributed by atoms with E-state index in [9.17, 15) is 14.7 Å². The minimum atomic E-state index is -0.664. The van der Waals surface area contributed by atoms with Crippen molar-refractivity contribution >= 4 is 12.0 Å². The van der Waals surface area contributed by atoms with Gasteiger partial charge in [-0.25, -0.2) is 4.79 Å². The fourth-order valence-corrected chi connectivity index (χ4v) is 4.87. The van der Waals surface area contributed by atoms with Gasteiger partial charge in [0.25, 0.3) is 0 Å². The van der Waals surface area contributed by atoms with Crippen LogP contribution in [0.2, 0.25) is 0 Å². The first-order chi connectivity index (χ1) is 16.0. The van der Waals surface area contributed by atoms with Gasteiger partial charge in [0.05, 0.1) is 6.54 Å². The smallest absolute Gasteiger partial charge is 0.411 e. The summed E-state index contributed by atoms with van der Waals surface area (Å²) in [7, 11) is 0. The molecule has 2 heterocycles. The van der Waals surface area contributed by atoms with E-state index in [1.807, 2.05) is 26.8 Å². The summed E-state index contributed by atoms with van der Waals surface area (Å²) in [6.07, 6.45) is 3.55. The minimum Gasteiger partial charge on any atom is -0.508 e. The van der Waals surface area contributed by atoms with Gasteiger partial charge in [0.1, 0.15) is 17.4 Å². The average molecular weight is 474 g/mol. The number of likely N-dealkylation sites (tertiary alicyclic amines) is 1. The van der Waals surface area contributed by atoms with Crippen molar-refractivity contribution in [2.24, 2.45) is 11.8 Å². The molecule has 3 rings (SSSR count). The Morgan fingerprint density at radius 3 is 2.44 bits per heavy atom. The molecule has 1 aromatic rings. The third kappa shape index (κ3) is 6.87. The van der Waals surface area contributed by atoms with Crippen molar-refractivity contribution in [1.82, 2.24) is 15.1 Å². The van der Waals surface area contributed by atoms with Crippen LogP contribution in [0.4, 0.5) is 4.79 Å². The molecule has 2 aliphatic rings. The first-order valence-electron chi connectivity index (χ1n) is 12.8. The molecule has 0 aliphatic carbocycles. The van der Waals surface area contributed by atoms with Crippen LogP contribution in [0.1, 0.15) is 71.9 Å². The van der Waals surface area contributed by atoms with Gasteiger partial charge >= 0.3 is 6.09 Å². The molecular formula is C27H43N3O4. The Hall–Kier alpha value is -2.28. The summed E-state index contributed by atoms with van der Waals surface area (Å²) in [5.41, 5.74) is 1.15. The van der Waals surface area contributed by atoms with Crippen LogP contribution < -0.4 is 5.32 Å². The van der Waals surface area contributed by atoms with Crippen molar-refractivity contribution in [2.45, 2.75) is 91.5 Å². The highest BCUT2D eigenvalue weighted by Crippen LogP contribution is 2.28. The summed E-state index contributed by atoms with van der Waals surface area (Å²) in [5.74, 6) is 1.09. The second-order valence-corrected chi connectivity index (χ2v) is 11.3. The number of benzene rings is 1. The maximum atomic E-state index is 13.6. The molecule has 2 amide bonds. The Kier molecular flexibility index (Phi) is 8.50. The molecule has 190 valence electrons. The molecule has 7 nitrogen and oxygen atoms in total. The Bertz CT molecular complexity index is 856. The van der Waals surface area contributed by atoms with Crippen molar-refractivity contribution in [2.75, 3.05) is 19.6 Å². The first kappa shape index (κ1) is 26.3. The fourth-order valence-electron chi connectivity index (χ4n) is 4.87. The molecule has 0 aromatic heterocycles. The highest BCUT2D eigenvalue weighted by molar-refractivity contribution is 5.87. The topological polar surface area (TPSA) is 82.1 Å². The van der Waals surface area contributed by atoms with Gasteiger partial charge in [-0.15, -0.1) is 0 Å².